The van der Waals surface area contributed by atoms with Crippen molar-refractivity contribution in [3.05, 3.63) is 60.7 Å². The van der Waals surface area contributed by atoms with Crippen LogP contribution >= 0.6 is 0 Å². The van der Waals surface area contributed by atoms with E-state index in [1.165, 1.54) is 10.4 Å². The van der Waals surface area contributed by atoms with Gasteiger partial charge in [-0.15, -0.1) is 0 Å². The highest BCUT2D eigenvalue weighted by Crippen LogP contribution is 2.38. The van der Waals surface area contributed by atoms with Gasteiger partial charge in [-0.3, -0.25) is 4.79 Å². The molecular weight excluding hydrogens is 368 g/mol. The smallest absolute Gasteiger partial charge is 0.308 e. The van der Waals surface area contributed by atoms with Gasteiger partial charge in [0.25, 0.3) is 8.32 Å². The molecule has 2 heterocycles. The SMILES string of the molecule is CC(C)(C)[Si](OC[C@@H]1C[C@H]2O[C@H]2CC(=O)O1)(c1ccccc1)c1ccccc1. The number of cyclic esters (lactones) is 1. The first-order valence-corrected chi connectivity index (χ1v) is 11.9. The number of epoxide rings is 1. The quantitative estimate of drug-likeness (QED) is 0.443. The average molecular weight is 397 g/mol. The van der Waals surface area contributed by atoms with Crippen LogP contribution < -0.4 is 10.4 Å². The Labute approximate surface area is 167 Å². The Balaban J connectivity index is 1.69. The Hall–Kier alpha value is -1.95. The minimum absolute atomic E-state index is 0.0466. The van der Waals surface area contributed by atoms with Crippen molar-refractivity contribution in [2.24, 2.45) is 0 Å². The van der Waals surface area contributed by atoms with E-state index >= 15 is 0 Å². The molecule has 28 heavy (non-hydrogen) atoms. The van der Waals surface area contributed by atoms with E-state index in [1.54, 1.807) is 0 Å². The fourth-order valence-corrected chi connectivity index (χ4v) is 8.94. The van der Waals surface area contributed by atoms with Gasteiger partial charge in [0.2, 0.25) is 0 Å². The molecule has 0 aromatic heterocycles. The summed E-state index contributed by atoms with van der Waals surface area (Å²) in [5.74, 6) is -0.180. The topological polar surface area (TPSA) is 48.1 Å². The zero-order valence-electron chi connectivity index (χ0n) is 16.8. The maximum Gasteiger partial charge on any atom is 0.308 e. The summed E-state index contributed by atoms with van der Waals surface area (Å²) in [6.07, 6.45) is 1.01. The van der Waals surface area contributed by atoms with Gasteiger partial charge in [0.15, 0.2) is 0 Å². The largest absolute Gasteiger partial charge is 0.460 e. The number of esters is 1. The van der Waals surface area contributed by atoms with E-state index in [2.05, 4.69) is 69.3 Å². The van der Waals surface area contributed by atoms with Crippen LogP contribution in [0.2, 0.25) is 5.04 Å². The van der Waals surface area contributed by atoms with E-state index in [-0.39, 0.29) is 29.3 Å². The van der Waals surface area contributed by atoms with Crippen molar-refractivity contribution in [3.63, 3.8) is 0 Å². The van der Waals surface area contributed by atoms with E-state index in [4.69, 9.17) is 13.9 Å². The van der Waals surface area contributed by atoms with Crippen molar-refractivity contribution >= 4 is 24.7 Å². The molecule has 5 heteroatoms. The highest BCUT2D eigenvalue weighted by Gasteiger charge is 2.51. The van der Waals surface area contributed by atoms with E-state index in [0.29, 0.717) is 19.4 Å². The van der Waals surface area contributed by atoms with Gasteiger partial charge in [0, 0.05) is 6.42 Å². The number of carbonyl (C=O) groups excluding carboxylic acids is 1. The van der Waals surface area contributed by atoms with Gasteiger partial charge in [0.1, 0.15) is 6.10 Å². The van der Waals surface area contributed by atoms with Crippen LogP contribution in [-0.4, -0.2) is 39.2 Å². The standard InChI is InChI=1S/C23H28O4Si/c1-23(2,3)28(18-10-6-4-7-11-18,19-12-8-5-9-13-19)25-16-17-14-20-21(27-20)15-22(24)26-17/h4-13,17,20-21H,14-16H2,1-3H3/t17-,20+,21-/m0/s1. The molecule has 2 aromatic rings. The number of hydrogen-bond donors (Lipinski definition) is 0. The van der Waals surface area contributed by atoms with Gasteiger partial charge < -0.3 is 13.9 Å². The summed E-state index contributed by atoms with van der Waals surface area (Å²) in [5, 5.41) is 2.37. The van der Waals surface area contributed by atoms with Crippen molar-refractivity contribution in [1.29, 1.82) is 0 Å². The first kappa shape index (κ1) is 19.4. The molecule has 0 unspecified atom stereocenters. The molecule has 2 fully saturated rings. The molecule has 4 rings (SSSR count). The Bertz CT molecular complexity index is 776. The van der Waals surface area contributed by atoms with E-state index < -0.39 is 8.32 Å². The van der Waals surface area contributed by atoms with Crippen molar-refractivity contribution in [1.82, 2.24) is 0 Å². The van der Waals surface area contributed by atoms with Crippen LogP contribution in [0.15, 0.2) is 60.7 Å². The first-order valence-electron chi connectivity index (χ1n) is 10.00. The zero-order chi connectivity index (χ0) is 19.8. The van der Waals surface area contributed by atoms with Gasteiger partial charge in [-0.2, -0.15) is 0 Å². The third-order valence-corrected chi connectivity index (χ3v) is 10.8. The minimum Gasteiger partial charge on any atom is -0.460 e. The van der Waals surface area contributed by atoms with Crippen molar-refractivity contribution < 1.29 is 18.7 Å². The number of ether oxygens (including phenoxy) is 2. The van der Waals surface area contributed by atoms with Crippen molar-refractivity contribution in [2.45, 2.75) is 57.0 Å². The third kappa shape index (κ3) is 3.66. The fraction of sp³-hybridized carbons (Fsp3) is 0.435. The van der Waals surface area contributed by atoms with Crippen LogP contribution in [-0.2, 0) is 18.7 Å². The lowest BCUT2D eigenvalue weighted by Crippen LogP contribution is -2.67. The summed E-state index contributed by atoms with van der Waals surface area (Å²) in [4.78, 5) is 12.0. The molecule has 0 radical (unpaired) electrons. The van der Waals surface area contributed by atoms with Gasteiger partial charge in [-0.05, 0) is 15.4 Å². The van der Waals surface area contributed by atoms with Gasteiger partial charge in [0.05, 0.1) is 25.2 Å². The summed E-state index contributed by atoms with van der Waals surface area (Å²) in [7, 11) is -2.61. The molecule has 0 bridgehead atoms. The molecule has 3 atom stereocenters. The van der Waals surface area contributed by atoms with Crippen LogP contribution in [0.4, 0.5) is 0 Å². The summed E-state index contributed by atoms with van der Waals surface area (Å²) in [5.41, 5.74) is 0. The maximum absolute atomic E-state index is 12.0. The van der Waals surface area contributed by atoms with Gasteiger partial charge >= 0.3 is 5.97 Å². The highest BCUT2D eigenvalue weighted by atomic mass is 28.4. The molecule has 0 N–H and O–H groups in total. The monoisotopic (exact) mass is 396 g/mol. The van der Waals surface area contributed by atoms with Gasteiger partial charge in [-0.1, -0.05) is 81.4 Å². The van der Waals surface area contributed by atoms with Crippen molar-refractivity contribution in [3.8, 4) is 0 Å². The fourth-order valence-electron chi connectivity index (χ4n) is 4.35. The Morgan fingerprint density at radius 3 is 2.07 bits per heavy atom. The molecule has 2 saturated heterocycles. The Morgan fingerprint density at radius 1 is 0.964 bits per heavy atom. The first-order chi connectivity index (χ1) is 13.4. The number of fused-ring (bicyclic) bond motifs is 1. The normalized spacial score (nSPS) is 24.8. The molecule has 0 spiro atoms. The summed E-state index contributed by atoms with van der Waals surface area (Å²) >= 11 is 0. The molecule has 2 aromatic carbocycles. The van der Waals surface area contributed by atoms with Crippen LogP contribution in [0.5, 0.6) is 0 Å². The summed E-state index contributed by atoms with van der Waals surface area (Å²) in [6.45, 7) is 7.14. The van der Waals surface area contributed by atoms with E-state index in [1.807, 2.05) is 12.1 Å². The third-order valence-electron chi connectivity index (χ3n) is 5.75. The van der Waals surface area contributed by atoms with Crippen molar-refractivity contribution in [2.75, 3.05) is 6.61 Å². The zero-order valence-corrected chi connectivity index (χ0v) is 17.8. The summed E-state index contributed by atoms with van der Waals surface area (Å²) < 4.78 is 18.1. The predicted molar refractivity (Wildman–Crippen MR) is 111 cm³/mol. The molecule has 2 aliphatic heterocycles. The van der Waals surface area contributed by atoms with Crippen LogP contribution in [0.3, 0.4) is 0 Å². The molecule has 0 saturated carbocycles. The van der Waals surface area contributed by atoms with E-state index in [0.717, 1.165) is 0 Å². The molecule has 2 aliphatic rings. The molecule has 0 amide bonds. The minimum atomic E-state index is -2.61. The Morgan fingerprint density at radius 2 is 1.54 bits per heavy atom. The average Bonchev–Trinajstić information content (AvgIpc) is 3.40. The number of hydrogen-bond acceptors (Lipinski definition) is 4. The second kappa shape index (κ2) is 7.47. The molecule has 148 valence electrons. The Kier molecular flexibility index (Phi) is 5.16. The van der Waals surface area contributed by atoms with Crippen LogP contribution in [0.1, 0.15) is 33.6 Å². The number of benzene rings is 2. The second-order valence-corrected chi connectivity index (χ2v) is 13.0. The maximum atomic E-state index is 12.0. The van der Waals surface area contributed by atoms with Crippen LogP contribution in [0, 0.1) is 0 Å². The lowest BCUT2D eigenvalue weighted by atomic mass is 10.1. The lowest BCUT2D eigenvalue weighted by Gasteiger charge is -2.43. The van der Waals surface area contributed by atoms with Crippen LogP contribution in [0.25, 0.3) is 0 Å². The molecule has 0 aliphatic carbocycles. The summed E-state index contributed by atoms with van der Waals surface area (Å²) in [6, 6.07) is 21.0. The van der Waals surface area contributed by atoms with E-state index in [9.17, 15) is 4.79 Å². The molecular formula is C23H28O4Si. The second-order valence-electron chi connectivity index (χ2n) is 8.74. The molecule has 4 nitrogen and oxygen atoms in total. The number of carbonyl (C=O) groups is 1. The van der Waals surface area contributed by atoms with Gasteiger partial charge in [-0.25, -0.2) is 0 Å². The highest BCUT2D eigenvalue weighted by molar-refractivity contribution is 6.99. The predicted octanol–water partition coefficient (Wildman–Crippen LogP) is 3.04. The lowest BCUT2D eigenvalue weighted by molar-refractivity contribution is -0.151. The number of rotatable bonds is 5.